The average molecular weight is 524 g/mol. The van der Waals surface area contributed by atoms with E-state index in [0.29, 0.717) is 17.5 Å². The summed E-state index contributed by atoms with van der Waals surface area (Å²) < 4.78 is 1.76. The standard InChI is InChI=1S/C33H29N7/c1-22-35-33-37-32(29(21-40(33)38-22)25-5-3-2-4-6-25)27-10-7-23(8-11-27)20-39-15-13-26(14-16-39)31-18-28-17-24(19-34)9-12-30(28)36-31/h2-12,17,21,26H,13-16,18,20H2,1H3. The normalized spacial score (nSPS) is 15.7. The first kappa shape index (κ1) is 24.4. The molecule has 0 aliphatic carbocycles. The van der Waals surface area contributed by atoms with Gasteiger partial charge in [-0.25, -0.2) is 9.50 Å². The molecule has 0 unspecified atom stereocenters. The Hall–Kier alpha value is -4.67. The summed E-state index contributed by atoms with van der Waals surface area (Å²) in [6, 6.07) is 27.2. The molecule has 7 heteroatoms. The average Bonchev–Trinajstić information content (AvgIpc) is 3.59. The van der Waals surface area contributed by atoms with E-state index >= 15 is 0 Å². The van der Waals surface area contributed by atoms with Crippen molar-refractivity contribution in [2.45, 2.75) is 32.7 Å². The van der Waals surface area contributed by atoms with Gasteiger partial charge >= 0.3 is 0 Å². The Morgan fingerprint density at radius 2 is 1.73 bits per heavy atom. The third-order valence-electron chi connectivity index (χ3n) is 8.06. The minimum absolute atomic E-state index is 0.523. The Bertz CT molecular complexity index is 1770. The summed E-state index contributed by atoms with van der Waals surface area (Å²) >= 11 is 0. The molecule has 7 nitrogen and oxygen atoms in total. The predicted octanol–water partition coefficient (Wildman–Crippen LogP) is 6.18. The molecular weight excluding hydrogens is 494 g/mol. The van der Waals surface area contributed by atoms with Crippen LogP contribution < -0.4 is 0 Å². The zero-order valence-electron chi connectivity index (χ0n) is 22.5. The van der Waals surface area contributed by atoms with Crippen molar-refractivity contribution in [3.05, 3.63) is 102 Å². The summed E-state index contributed by atoms with van der Waals surface area (Å²) in [6.07, 6.45) is 5.16. The number of hydrogen-bond donors (Lipinski definition) is 0. The van der Waals surface area contributed by atoms with Crippen LogP contribution in [0.1, 0.15) is 35.4 Å². The fraction of sp³-hybridized carbons (Fsp3) is 0.242. The highest BCUT2D eigenvalue weighted by atomic mass is 15.3. The maximum atomic E-state index is 9.20. The number of benzene rings is 3. The Balaban J connectivity index is 1.04. The molecule has 3 aromatic carbocycles. The number of rotatable bonds is 5. The van der Waals surface area contributed by atoms with Crippen LogP contribution in [0.5, 0.6) is 0 Å². The number of fused-ring (bicyclic) bond motifs is 2. The van der Waals surface area contributed by atoms with Crippen molar-refractivity contribution in [3.8, 4) is 28.5 Å². The van der Waals surface area contributed by atoms with Crippen LogP contribution in [0, 0.1) is 24.2 Å². The number of nitriles is 1. The molecule has 196 valence electrons. The molecule has 0 spiro atoms. The van der Waals surface area contributed by atoms with E-state index in [4.69, 9.17) is 9.98 Å². The Morgan fingerprint density at radius 3 is 2.50 bits per heavy atom. The SMILES string of the molecule is Cc1nc2nc(-c3ccc(CN4CCC(C5=Nc6ccc(C#N)cc6C5)CC4)cc3)c(-c3ccccc3)cn2n1. The van der Waals surface area contributed by atoms with E-state index < -0.39 is 0 Å². The van der Waals surface area contributed by atoms with Crippen LogP contribution in [0.3, 0.4) is 0 Å². The first-order chi connectivity index (χ1) is 19.6. The van der Waals surface area contributed by atoms with E-state index in [1.807, 2.05) is 49.5 Å². The second kappa shape index (κ2) is 10.1. The highest BCUT2D eigenvalue weighted by Gasteiger charge is 2.27. The number of aliphatic imine (C=N–C) groups is 1. The van der Waals surface area contributed by atoms with Crippen molar-refractivity contribution in [1.82, 2.24) is 24.5 Å². The molecule has 2 aliphatic rings. The molecule has 2 aromatic heterocycles. The highest BCUT2D eigenvalue weighted by molar-refractivity contribution is 5.95. The largest absolute Gasteiger partial charge is 0.299 e. The van der Waals surface area contributed by atoms with Gasteiger partial charge in [0.25, 0.3) is 5.78 Å². The number of piperidine rings is 1. The first-order valence-corrected chi connectivity index (χ1v) is 13.8. The number of aryl methyl sites for hydroxylation is 1. The number of likely N-dealkylation sites (tertiary alicyclic amines) is 1. The monoisotopic (exact) mass is 523 g/mol. The van der Waals surface area contributed by atoms with Crippen LogP contribution in [0.25, 0.3) is 28.2 Å². The van der Waals surface area contributed by atoms with Crippen molar-refractivity contribution in [2.24, 2.45) is 10.9 Å². The summed E-state index contributed by atoms with van der Waals surface area (Å²) in [7, 11) is 0. The fourth-order valence-electron chi connectivity index (χ4n) is 5.96. The van der Waals surface area contributed by atoms with Crippen molar-refractivity contribution >= 4 is 17.2 Å². The van der Waals surface area contributed by atoms with E-state index in [0.717, 1.165) is 72.5 Å². The van der Waals surface area contributed by atoms with Gasteiger partial charge < -0.3 is 0 Å². The highest BCUT2D eigenvalue weighted by Crippen LogP contribution is 2.34. The van der Waals surface area contributed by atoms with E-state index in [1.54, 1.807) is 4.52 Å². The summed E-state index contributed by atoms with van der Waals surface area (Å²) in [5.74, 6) is 1.84. The lowest BCUT2D eigenvalue weighted by Crippen LogP contribution is -2.36. The molecule has 1 fully saturated rings. The molecular formula is C33H29N7. The summed E-state index contributed by atoms with van der Waals surface area (Å²) in [6.45, 7) is 4.95. The molecule has 0 amide bonds. The predicted molar refractivity (Wildman–Crippen MR) is 156 cm³/mol. The summed E-state index contributed by atoms with van der Waals surface area (Å²) in [5.41, 5.74) is 9.67. The molecule has 0 bridgehead atoms. The third kappa shape index (κ3) is 4.67. The van der Waals surface area contributed by atoms with Crippen LogP contribution in [0.4, 0.5) is 5.69 Å². The molecule has 2 aliphatic heterocycles. The third-order valence-corrected chi connectivity index (χ3v) is 8.06. The van der Waals surface area contributed by atoms with Gasteiger partial charge in [0.15, 0.2) is 0 Å². The van der Waals surface area contributed by atoms with E-state index in [1.165, 1.54) is 16.8 Å². The molecule has 0 saturated carbocycles. The van der Waals surface area contributed by atoms with Crippen molar-refractivity contribution in [3.63, 3.8) is 0 Å². The lowest BCUT2D eigenvalue weighted by atomic mass is 9.89. The lowest BCUT2D eigenvalue weighted by molar-refractivity contribution is 0.201. The molecule has 0 N–H and O–H groups in total. The zero-order valence-corrected chi connectivity index (χ0v) is 22.5. The maximum Gasteiger partial charge on any atom is 0.252 e. The van der Waals surface area contributed by atoms with Gasteiger partial charge in [-0.2, -0.15) is 15.3 Å². The van der Waals surface area contributed by atoms with Gasteiger partial charge in [-0.15, -0.1) is 0 Å². The molecule has 0 radical (unpaired) electrons. The zero-order chi connectivity index (χ0) is 27.1. The Labute approximate surface area is 233 Å². The molecule has 40 heavy (non-hydrogen) atoms. The number of hydrogen-bond acceptors (Lipinski definition) is 6. The fourth-order valence-corrected chi connectivity index (χ4v) is 5.96. The minimum atomic E-state index is 0.523. The van der Waals surface area contributed by atoms with Gasteiger partial charge in [0.05, 0.1) is 23.0 Å². The number of aromatic nitrogens is 4. The minimum Gasteiger partial charge on any atom is -0.299 e. The van der Waals surface area contributed by atoms with Gasteiger partial charge in [0, 0.05) is 41.9 Å². The topological polar surface area (TPSA) is 82.5 Å². The smallest absolute Gasteiger partial charge is 0.252 e. The van der Waals surface area contributed by atoms with Gasteiger partial charge in [-0.05, 0) is 67.7 Å². The van der Waals surface area contributed by atoms with Crippen molar-refractivity contribution in [1.29, 1.82) is 5.26 Å². The van der Waals surface area contributed by atoms with Crippen LogP contribution >= 0.6 is 0 Å². The van der Waals surface area contributed by atoms with Crippen LogP contribution in [-0.2, 0) is 13.0 Å². The summed E-state index contributed by atoms with van der Waals surface area (Å²) in [4.78, 5) is 16.9. The van der Waals surface area contributed by atoms with Gasteiger partial charge in [-0.1, -0.05) is 54.6 Å². The van der Waals surface area contributed by atoms with Crippen molar-refractivity contribution in [2.75, 3.05) is 13.1 Å². The van der Waals surface area contributed by atoms with E-state index in [-0.39, 0.29) is 0 Å². The molecule has 4 heterocycles. The molecule has 7 rings (SSSR count). The maximum absolute atomic E-state index is 9.20. The second-order valence-corrected chi connectivity index (χ2v) is 10.8. The van der Waals surface area contributed by atoms with Crippen LogP contribution in [0.15, 0.2) is 84.0 Å². The van der Waals surface area contributed by atoms with E-state index in [9.17, 15) is 5.26 Å². The Kier molecular flexibility index (Phi) is 6.18. The lowest BCUT2D eigenvalue weighted by Gasteiger charge is -2.32. The quantitative estimate of drug-likeness (QED) is 0.275. The van der Waals surface area contributed by atoms with E-state index in [2.05, 4.69) is 57.4 Å². The van der Waals surface area contributed by atoms with Crippen LogP contribution in [-0.4, -0.2) is 43.3 Å². The molecule has 0 atom stereocenters. The van der Waals surface area contributed by atoms with Gasteiger partial charge in [-0.3, -0.25) is 9.89 Å². The second-order valence-electron chi connectivity index (χ2n) is 10.8. The first-order valence-electron chi connectivity index (χ1n) is 13.8. The van der Waals surface area contributed by atoms with Gasteiger partial charge in [0.2, 0.25) is 0 Å². The summed E-state index contributed by atoms with van der Waals surface area (Å²) in [5, 5.41) is 13.7. The van der Waals surface area contributed by atoms with Gasteiger partial charge in [0.1, 0.15) is 5.82 Å². The Morgan fingerprint density at radius 1 is 0.925 bits per heavy atom. The molecule has 1 saturated heterocycles. The van der Waals surface area contributed by atoms with Crippen LogP contribution in [0.2, 0.25) is 0 Å². The van der Waals surface area contributed by atoms with Crippen molar-refractivity contribution < 1.29 is 0 Å². The molecule has 5 aromatic rings. The number of nitrogens with zero attached hydrogens (tertiary/aromatic N) is 7.